The number of hydrogen-bond donors (Lipinski definition) is 5. The fraction of sp³-hybridized carbons (Fsp3) is 0.407. The third kappa shape index (κ3) is 8.81. The van der Waals surface area contributed by atoms with Crippen LogP contribution in [0.15, 0.2) is 60.7 Å². The highest BCUT2D eigenvalue weighted by Gasteiger charge is 2.29. The molecule has 0 fully saturated rings. The Kier molecular flexibility index (Phi) is 11.1. The first-order valence-electron chi connectivity index (χ1n) is 12.1. The first-order valence-corrected chi connectivity index (χ1v) is 12.1. The summed E-state index contributed by atoms with van der Waals surface area (Å²) in [7, 11) is 0. The number of hydrogen-bond acceptors (Lipinski definition) is 5. The van der Waals surface area contributed by atoms with Gasteiger partial charge >= 0.3 is 5.97 Å². The second kappa shape index (κ2) is 14.0. The average Bonchev–Trinajstić information content (AvgIpc) is 2.87. The van der Waals surface area contributed by atoms with Gasteiger partial charge in [0.15, 0.2) is 0 Å². The molecule has 0 spiro atoms. The highest BCUT2D eigenvalue weighted by Crippen LogP contribution is 2.09. The molecule has 194 valence electrons. The van der Waals surface area contributed by atoms with Gasteiger partial charge in [0.1, 0.15) is 18.1 Å². The fourth-order valence-corrected chi connectivity index (χ4v) is 3.57. The van der Waals surface area contributed by atoms with Crippen LogP contribution < -0.4 is 21.7 Å². The van der Waals surface area contributed by atoms with Crippen LogP contribution in [0, 0.1) is 5.92 Å². The van der Waals surface area contributed by atoms with Crippen LogP contribution in [0.25, 0.3) is 0 Å². The summed E-state index contributed by atoms with van der Waals surface area (Å²) in [6, 6.07) is 14.1. The smallest absolute Gasteiger partial charge is 0.326 e. The maximum absolute atomic E-state index is 13.1. The van der Waals surface area contributed by atoms with E-state index in [0.29, 0.717) is 6.42 Å². The predicted octanol–water partition coefficient (Wildman–Crippen LogP) is 1.40. The zero-order valence-electron chi connectivity index (χ0n) is 20.9. The van der Waals surface area contributed by atoms with E-state index < -0.39 is 47.9 Å². The van der Waals surface area contributed by atoms with Crippen LogP contribution in [-0.2, 0) is 32.0 Å². The molecule has 36 heavy (non-hydrogen) atoms. The lowest BCUT2D eigenvalue weighted by Gasteiger charge is -2.25. The van der Waals surface area contributed by atoms with Crippen molar-refractivity contribution in [1.29, 1.82) is 0 Å². The number of carboxylic acids is 1. The van der Waals surface area contributed by atoms with E-state index in [0.717, 1.165) is 11.1 Å². The van der Waals surface area contributed by atoms with E-state index in [9.17, 15) is 24.3 Å². The molecule has 0 bridgehead atoms. The summed E-state index contributed by atoms with van der Waals surface area (Å²) >= 11 is 0. The van der Waals surface area contributed by atoms with Crippen molar-refractivity contribution in [2.45, 2.75) is 64.2 Å². The van der Waals surface area contributed by atoms with E-state index in [2.05, 4.69) is 16.0 Å². The second-order valence-corrected chi connectivity index (χ2v) is 8.98. The minimum Gasteiger partial charge on any atom is -0.480 e. The number of nitrogens with one attached hydrogen (secondary N) is 3. The van der Waals surface area contributed by atoms with Gasteiger partial charge in [-0.25, -0.2) is 4.79 Å². The molecule has 2 aromatic rings. The largest absolute Gasteiger partial charge is 0.480 e. The Bertz CT molecular complexity index is 1020. The van der Waals surface area contributed by atoms with E-state index in [1.807, 2.05) is 50.2 Å². The molecule has 9 heteroatoms. The van der Waals surface area contributed by atoms with Crippen LogP contribution in [0.5, 0.6) is 0 Å². The van der Waals surface area contributed by atoms with Crippen LogP contribution in [0.3, 0.4) is 0 Å². The van der Waals surface area contributed by atoms with Gasteiger partial charge in [-0.2, -0.15) is 0 Å². The standard InChI is InChI=1S/C27H36N4O5/c1-4-17(2)23(28)26(34)30-21(15-19-11-7-5-8-12-19)25(33)29-18(3)24(32)31-22(27(35)36)16-20-13-9-6-10-14-20/h5-14,17-18,21-23H,4,15-16,28H2,1-3H3,(H,29,33)(H,30,34)(H,31,32)(H,35,36). The molecular formula is C27H36N4O5. The van der Waals surface area contributed by atoms with Crippen molar-refractivity contribution in [2.75, 3.05) is 0 Å². The van der Waals surface area contributed by atoms with Crippen LogP contribution in [0.2, 0.25) is 0 Å². The second-order valence-electron chi connectivity index (χ2n) is 8.98. The Morgan fingerprint density at radius 1 is 0.750 bits per heavy atom. The molecule has 0 saturated heterocycles. The molecule has 0 radical (unpaired) electrons. The Labute approximate surface area is 211 Å². The summed E-state index contributed by atoms with van der Waals surface area (Å²) in [4.78, 5) is 50.2. The summed E-state index contributed by atoms with van der Waals surface area (Å²) < 4.78 is 0. The Balaban J connectivity index is 2.08. The van der Waals surface area contributed by atoms with Gasteiger partial charge in [0.25, 0.3) is 0 Å². The Morgan fingerprint density at radius 3 is 1.69 bits per heavy atom. The molecule has 5 atom stereocenters. The number of aliphatic carboxylic acids is 1. The molecule has 0 aliphatic rings. The third-order valence-electron chi connectivity index (χ3n) is 6.12. The zero-order valence-corrected chi connectivity index (χ0v) is 20.9. The van der Waals surface area contributed by atoms with E-state index in [-0.39, 0.29) is 18.8 Å². The van der Waals surface area contributed by atoms with E-state index in [4.69, 9.17) is 5.73 Å². The highest BCUT2D eigenvalue weighted by molar-refractivity contribution is 5.94. The van der Waals surface area contributed by atoms with E-state index in [1.165, 1.54) is 6.92 Å². The third-order valence-corrected chi connectivity index (χ3v) is 6.12. The summed E-state index contributed by atoms with van der Waals surface area (Å²) in [5.41, 5.74) is 7.62. The topological polar surface area (TPSA) is 151 Å². The molecule has 0 aliphatic heterocycles. The van der Waals surface area contributed by atoms with Crippen molar-refractivity contribution >= 4 is 23.7 Å². The molecule has 9 nitrogen and oxygen atoms in total. The lowest BCUT2D eigenvalue weighted by atomic mass is 9.98. The van der Waals surface area contributed by atoms with Crippen molar-refractivity contribution in [2.24, 2.45) is 11.7 Å². The Morgan fingerprint density at radius 2 is 1.22 bits per heavy atom. The molecule has 0 saturated carbocycles. The first kappa shape index (κ1) is 28.5. The molecule has 3 amide bonds. The van der Waals surface area contributed by atoms with Crippen molar-refractivity contribution in [3.05, 3.63) is 71.8 Å². The van der Waals surface area contributed by atoms with Gasteiger partial charge in [-0.1, -0.05) is 80.9 Å². The lowest BCUT2D eigenvalue weighted by Crippen LogP contribution is -2.57. The highest BCUT2D eigenvalue weighted by atomic mass is 16.4. The summed E-state index contributed by atoms with van der Waals surface area (Å²) in [5, 5.41) is 17.3. The molecule has 5 unspecified atom stereocenters. The summed E-state index contributed by atoms with van der Waals surface area (Å²) in [6.07, 6.45) is 1.00. The monoisotopic (exact) mass is 496 g/mol. The summed E-state index contributed by atoms with van der Waals surface area (Å²) in [5.74, 6) is -2.92. The molecule has 0 aliphatic carbocycles. The van der Waals surface area contributed by atoms with Crippen molar-refractivity contribution in [1.82, 2.24) is 16.0 Å². The molecule has 0 heterocycles. The number of carboxylic acid groups (broad SMARTS) is 1. The van der Waals surface area contributed by atoms with Gasteiger partial charge < -0.3 is 26.8 Å². The quantitative estimate of drug-likeness (QED) is 0.283. The van der Waals surface area contributed by atoms with Crippen LogP contribution >= 0.6 is 0 Å². The predicted molar refractivity (Wildman–Crippen MR) is 137 cm³/mol. The van der Waals surface area contributed by atoms with E-state index >= 15 is 0 Å². The van der Waals surface area contributed by atoms with Gasteiger partial charge in [0, 0.05) is 12.8 Å². The number of rotatable bonds is 13. The van der Waals surface area contributed by atoms with Crippen LogP contribution in [-0.4, -0.2) is 53.0 Å². The van der Waals surface area contributed by atoms with Crippen molar-refractivity contribution < 1.29 is 24.3 Å². The minimum absolute atomic E-state index is 0.0762. The molecule has 2 rings (SSSR count). The summed E-state index contributed by atoms with van der Waals surface area (Å²) in [6.45, 7) is 5.24. The van der Waals surface area contributed by atoms with Crippen LogP contribution in [0.4, 0.5) is 0 Å². The number of carbonyl (C=O) groups excluding carboxylic acids is 3. The zero-order chi connectivity index (χ0) is 26.7. The lowest BCUT2D eigenvalue weighted by molar-refractivity contribution is -0.142. The van der Waals surface area contributed by atoms with Gasteiger partial charge in [-0.3, -0.25) is 14.4 Å². The van der Waals surface area contributed by atoms with Gasteiger partial charge in [0.2, 0.25) is 17.7 Å². The molecule has 0 aromatic heterocycles. The van der Waals surface area contributed by atoms with Crippen molar-refractivity contribution in [3.8, 4) is 0 Å². The maximum atomic E-state index is 13.1. The fourth-order valence-electron chi connectivity index (χ4n) is 3.57. The first-order chi connectivity index (χ1) is 17.1. The normalized spacial score (nSPS) is 15.0. The minimum atomic E-state index is -1.18. The number of benzene rings is 2. The van der Waals surface area contributed by atoms with Gasteiger partial charge in [-0.15, -0.1) is 0 Å². The molecular weight excluding hydrogens is 460 g/mol. The SMILES string of the molecule is CCC(C)C(N)C(=O)NC(Cc1ccccc1)C(=O)NC(C)C(=O)NC(Cc1ccccc1)C(=O)O. The van der Waals surface area contributed by atoms with Gasteiger partial charge in [0.05, 0.1) is 6.04 Å². The van der Waals surface area contributed by atoms with Crippen LogP contribution in [0.1, 0.15) is 38.3 Å². The number of nitrogens with two attached hydrogens (primary N) is 1. The Hall–Kier alpha value is -3.72. The number of carbonyl (C=O) groups is 4. The number of amides is 3. The average molecular weight is 497 g/mol. The van der Waals surface area contributed by atoms with E-state index in [1.54, 1.807) is 24.3 Å². The van der Waals surface area contributed by atoms with Crippen molar-refractivity contribution in [3.63, 3.8) is 0 Å². The van der Waals surface area contributed by atoms with Gasteiger partial charge in [-0.05, 0) is 24.0 Å². The molecule has 6 N–H and O–H groups in total. The maximum Gasteiger partial charge on any atom is 0.326 e. The molecule has 2 aromatic carbocycles.